The average molecular weight is 660 g/mol. The number of benzene rings is 2. The van der Waals surface area contributed by atoms with Crippen molar-refractivity contribution in [2.45, 2.75) is 95.2 Å². The molecular weight excluding hydrogens is 618 g/mol. The summed E-state index contributed by atoms with van der Waals surface area (Å²) in [5, 5.41) is 23.7. The van der Waals surface area contributed by atoms with Crippen LogP contribution in [0.15, 0.2) is 42.5 Å². The summed E-state index contributed by atoms with van der Waals surface area (Å²) in [5.74, 6) is -2.38. The van der Waals surface area contributed by atoms with Gasteiger partial charge in [-0.2, -0.15) is 13.2 Å². The molecule has 1 saturated heterocycles. The lowest BCUT2D eigenvalue weighted by molar-refractivity contribution is -0.136. The van der Waals surface area contributed by atoms with Crippen LogP contribution in [0.1, 0.15) is 68.3 Å². The van der Waals surface area contributed by atoms with Crippen LogP contribution >= 0.6 is 0 Å². The number of amides is 3. The van der Waals surface area contributed by atoms with Gasteiger partial charge in [0.15, 0.2) is 0 Å². The van der Waals surface area contributed by atoms with Crippen LogP contribution in [0, 0.1) is 11.7 Å². The first-order chi connectivity index (χ1) is 22.3. The highest BCUT2D eigenvalue weighted by molar-refractivity contribution is 5.90. The standard InChI is InChI=1S/C34H41F4N5O4/c1-3-19(2)28(42-27(44)17-20-9-4-5-12-24(20)35)31(46)43-33(32(47)41-26-13-6-7-16-39-30(26)45)15-14-25-22(18-33)21-10-8-11-23(29(21)40-25)34(36,37)38/h4-5,8-12,19,26,28,32,40-41,47H,3,6-7,13-18H2,1-2H3,(H,39,45)(H,42,44)(H,43,46)/t19?,26-,28-,32?,33+/m0/s1. The highest BCUT2D eigenvalue weighted by atomic mass is 19.4. The lowest BCUT2D eigenvalue weighted by Crippen LogP contribution is -2.68. The number of hydrogen-bond acceptors (Lipinski definition) is 5. The van der Waals surface area contributed by atoms with Crippen LogP contribution in [0.4, 0.5) is 17.6 Å². The molecule has 47 heavy (non-hydrogen) atoms. The number of carbonyl (C=O) groups excluding carboxylic acids is 3. The van der Waals surface area contributed by atoms with Crippen molar-refractivity contribution in [2.75, 3.05) is 6.54 Å². The summed E-state index contributed by atoms with van der Waals surface area (Å²) >= 11 is 0. The minimum atomic E-state index is -4.60. The number of fused-ring (bicyclic) bond motifs is 3. The van der Waals surface area contributed by atoms with Gasteiger partial charge >= 0.3 is 6.18 Å². The zero-order chi connectivity index (χ0) is 33.9. The quantitative estimate of drug-likeness (QED) is 0.145. The maximum absolute atomic E-state index is 14.3. The molecule has 3 amide bonds. The van der Waals surface area contributed by atoms with Crippen molar-refractivity contribution in [2.24, 2.45) is 5.92 Å². The first kappa shape index (κ1) is 34.4. The van der Waals surface area contributed by atoms with E-state index in [0.29, 0.717) is 36.0 Å². The molecule has 2 unspecified atom stereocenters. The molecule has 13 heteroatoms. The van der Waals surface area contributed by atoms with Gasteiger partial charge in [0.2, 0.25) is 17.7 Å². The normalized spacial score (nSPS) is 22.0. The molecule has 6 N–H and O–H groups in total. The number of aliphatic hydroxyl groups is 1. The van der Waals surface area contributed by atoms with Gasteiger partial charge in [-0.1, -0.05) is 50.6 Å². The Hall–Kier alpha value is -3.97. The lowest BCUT2D eigenvalue weighted by atomic mass is 9.77. The summed E-state index contributed by atoms with van der Waals surface area (Å²) in [5.41, 5.74) is -1.09. The van der Waals surface area contributed by atoms with Crippen LogP contribution in [0.25, 0.3) is 10.9 Å². The fourth-order valence-electron chi connectivity index (χ4n) is 6.65. The molecule has 1 aliphatic carbocycles. The number of para-hydroxylation sites is 1. The molecule has 3 aromatic rings. The van der Waals surface area contributed by atoms with E-state index in [1.165, 1.54) is 24.3 Å². The third-order valence-electron chi connectivity index (χ3n) is 9.56. The van der Waals surface area contributed by atoms with E-state index in [0.717, 1.165) is 18.9 Å². The Morgan fingerprint density at radius 2 is 1.89 bits per heavy atom. The van der Waals surface area contributed by atoms with Crippen molar-refractivity contribution >= 4 is 28.6 Å². The first-order valence-corrected chi connectivity index (χ1v) is 16.1. The lowest BCUT2D eigenvalue weighted by Gasteiger charge is -2.44. The number of H-pyrrole nitrogens is 1. The van der Waals surface area contributed by atoms with E-state index >= 15 is 0 Å². The molecule has 2 aliphatic rings. The number of rotatable bonds is 10. The average Bonchev–Trinajstić information content (AvgIpc) is 3.28. The molecule has 2 heterocycles. The molecular formula is C34H41F4N5O4. The smallest absolute Gasteiger partial charge is 0.376 e. The zero-order valence-corrected chi connectivity index (χ0v) is 26.4. The monoisotopic (exact) mass is 659 g/mol. The number of hydrogen-bond donors (Lipinski definition) is 6. The Labute approximate surface area is 270 Å². The highest BCUT2D eigenvalue weighted by Crippen LogP contribution is 2.40. The Balaban J connectivity index is 1.48. The second-order valence-corrected chi connectivity index (χ2v) is 12.7. The summed E-state index contributed by atoms with van der Waals surface area (Å²) in [7, 11) is 0. The molecule has 0 bridgehead atoms. The van der Waals surface area contributed by atoms with E-state index in [1.54, 1.807) is 19.1 Å². The van der Waals surface area contributed by atoms with Crippen LogP contribution in [0.3, 0.4) is 0 Å². The largest absolute Gasteiger partial charge is 0.418 e. The fourth-order valence-corrected chi connectivity index (χ4v) is 6.65. The third kappa shape index (κ3) is 7.46. The molecule has 1 aliphatic heterocycles. The maximum Gasteiger partial charge on any atom is 0.418 e. The molecule has 254 valence electrons. The number of aliphatic hydroxyl groups excluding tert-OH is 1. The van der Waals surface area contributed by atoms with Gasteiger partial charge in [-0.05, 0) is 61.3 Å². The minimum absolute atomic E-state index is 0.0473. The van der Waals surface area contributed by atoms with Gasteiger partial charge in [-0.15, -0.1) is 0 Å². The van der Waals surface area contributed by atoms with E-state index in [9.17, 15) is 37.1 Å². The highest BCUT2D eigenvalue weighted by Gasteiger charge is 2.46. The molecule has 5 rings (SSSR count). The number of aromatic amines is 1. The van der Waals surface area contributed by atoms with Gasteiger partial charge in [-0.25, -0.2) is 4.39 Å². The zero-order valence-electron chi connectivity index (χ0n) is 26.4. The number of aryl methyl sites for hydroxylation is 1. The van der Waals surface area contributed by atoms with Crippen molar-refractivity contribution in [1.82, 2.24) is 26.3 Å². The van der Waals surface area contributed by atoms with E-state index < -0.39 is 53.2 Å². The Kier molecular flexibility index (Phi) is 10.3. The van der Waals surface area contributed by atoms with Gasteiger partial charge in [0, 0.05) is 24.0 Å². The van der Waals surface area contributed by atoms with Gasteiger partial charge < -0.3 is 26.0 Å². The number of alkyl halides is 3. The molecule has 2 aromatic carbocycles. The number of nitrogens with one attached hydrogen (secondary N) is 5. The molecule has 1 aromatic heterocycles. The fraction of sp³-hybridized carbons (Fsp3) is 0.500. The number of aromatic nitrogens is 1. The van der Waals surface area contributed by atoms with Crippen LogP contribution in [0.5, 0.6) is 0 Å². The van der Waals surface area contributed by atoms with Gasteiger partial charge in [0.1, 0.15) is 18.1 Å². The van der Waals surface area contributed by atoms with Crippen molar-refractivity contribution < 1.29 is 37.1 Å². The van der Waals surface area contributed by atoms with Crippen molar-refractivity contribution in [3.8, 4) is 0 Å². The summed E-state index contributed by atoms with van der Waals surface area (Å²) in [6.07, 6.45) is -3.66. The second-order valence-electron chi connectivity index (χ2n) is 12.7. The van der Waals surface area contributed by atoms with Crippen LogP contribution in [-0.4, -0.2) is 58.2 Å². The van der Waals surface area contributed by atoms with Gasteiger partial charge in [0.05, 0.1) is 29.1 Å². The van der Waals surface area contributed by atoms with Crippen LogP contribution < -0.4 is 21.3 Å². The van der Waals surface area contributed by atoms with E-state index in [2.05, 4.69) is 26.3 Å². The van der Waals surface area contributed by atoms with E-state index in [4.69, 9.17) is 0 Å². The van der Waals surface area contributed by atoms with E-state index in [1.807, 2.05) is 6.92 Å². The van der Waals surface area contributed by atoms with E-state index in [-0.39, 0.29) is 48.6 Å². The SMILES string of the molecule is CCC(C)[C@H](NC(=O)Cc1ccccc1F)C(=O)N[C@]1(C(O)N[C@H]2CCCCNC2=O)CCc2[nH]c3c(C(F)(F)F)cccc3c2C1. The van der Waals surface area contributed by atoms with Crippen molar-refractivity contribution in [3.63, 3.8) is 0 Å². The number of halogens is 4. The number of carbonyl (C=O) groups is 3. The topological polar surface area (TPSA) is 135 Å². The van der Waals surface area contributed by atoms with Crippen LogP contribution in [0.2, 0.25) is 0 Å². The summed E-state index contributed by atoms with van der Waals surface area (Å²) in [6.45, 7) is 4.13. The van der Waals surface area contributed by atoms with Gasteiger partial charge in [-0.3, -0.25) is 19.7 Å². The Morgan fingerprint density at radius 1 is 1.13 bits per heavy atom. The molecule has 0 saturated carbocycles. The van der Waals surface area contributed by atoms with Gasteiger partial charge in [0.25, 0.3) is 0 Å². The van der Waals surface area contributed by atoms with Crippen molar-refractivity contribution in [1.29, 1.82) is 0 Å². The minimum Gasteiger partial charge on any atom is -0.376 e. The third-order valence-corrected chi connectivity index (χ3v) is 9.56. The molecule has 0 spiro atoms. The molecule has 0 radical (unpaired) electrons. The molecule has 5 atom stereocenters. The Bertz CT molecular complexity index is 1630. The molecule has 9 nitrogen and oxygen atoms in total. The predicted molar refractivity (Wildman–Crippen MR) is 167 cm³/mol. The first-order valence-electron chi connectivity index (χ1n) is 16.1. The summed E-state index contributed by atoms with van der Waals surface area (Å²) < 4.78 is 56.0. The predicted octanol–water partition coefficient (Wildman–Crippen LogP) is 4.02. The summed E-state index contributed by atoms with van der Waals surface area (Å²) in [4.78, 5) is 42.9. The second kappa shape index (κ2) is 14.0. The maximum atomic E-state index is 14.3. The Morgan fingerprint density at radius 3 is 2.62 bits per heavy atom. The summed E-state index contributed by atoms with van der Waals surface area (Å²) in [6, 6.07) is 7.92. The van der Waals surface area contributed by atoms with Crippen molar-refractivity contribution in [3.05, 3.63) is 70.7 Å². The molecule has 1 fully saturated rings. The van der Waals surface area contributed by atoms with Crippen LogP contribution in [-0.2, 0) is 39.8 Å².